The fourth-order valence-corrected chi connectivity index (χ4v) is 2.00. The van der Waals surface area contributed by atoms with Gasteiger partial charge in [0.25, 0.3) is 0 Å². The van der Waals surface area contributed by atoms with E-state index >= 15 is 0 Å². The first kappa shape index (κ1) is 15.4. The van der Waals surface area contributed by atoms with Crippen LogP contribution in [0.25, 0.3) is 0 Å². The number of phenols is 1. The van der Waals surface area contributed by atoms with Gasteiger partial charge in [0.05, 0.1) is 18.0 Å². The molecule has 8 heteroatoms. The first-order valence-corrected chi connectivity index (χ1v) is 6.24. The number of hydrogen-bond acceptors (Lipinski definition) is 6. The summed E-state index contributed by atoms with van der Waals surface area (Å²) in [5.74, 6) is -1.07. The summed E-state index contributed by atoms with van der Waals surface area (Å²) in [6.07, 6.45) is -0.172. The monoisotopic (exact) mass is 332 g/mol. The van der Waals surface area contributed by atoms with Crippen LogP contribution in [0.5, 0.6) is 5.75 Å². The topological polar surface area (TPSA) is 116 Å². The molecule has 0 bridgehead atoms. The predicted octanol–water partition coefficient (Wildman–Crippen LogP) is 2.02. The Bertz CT molecular complexity index is 506. The summed E-state index contributed by atoms with van der Waals surface area (Å²) in [6.45, 7) is 1.88. The molecule has 0 fully saturated rings. The Kier molecular flexibility index (Phi) is 5.25. The second kappa shape index (κ2) is 6.48. The summed E-state index contributed by atoms with van der Waals surface area (Å²) in [5, 5.41) is 20.6. The summed E-state index contributed by atoms with van der Waals surface area (Å²) in [6, 6.07) is 1.72. The number of esters is 1. The zero-order chi connectivity index (χ0) is 14.6. The molecule has 1 rings (SSSR count). The van der Waals surface area contributed by atoms with Crippen LogP contribution in [-0.2, 0) is 9.53 Å². The maximum Gasteiger partial charge on any atom is 0.312 e. The fraction of sp³-hybridized carbons (Fsp3) is 0.364. The number of rotatable bonds is 5. The molecule has 1 aromatic rings. The van der Waals surface area contributed by atoms with E-state index in [-0.39, 0.29) is 18.6 Å². The van der Waals surface area contributed by atoms with Gasteiger partial charge in [0.15, 0.2) is 5.75 Å². The number of carbonyl (C=O) groups is 1. The number of nitrogens with zero attached hydrogens (tertiary/aromatic N) is 1. The molecule has 0 aliphatic heterocycles. The maximum atomic E-state index is 11.3. The van der Waals surface area contributed by atoms with Crippen LogP contribution in [0.2, 0.25) is 0 Å². The number of hydrogen-bond donors (Lipinski definition) is 2. The molecular formula is C11H13BrN2O5. The van der Waals surface area contributed by atoms with Crippen LogP contribution in [0.15, 0.2) is 16.6 Å². The Morgan fingerprint density at radius 2 is 2.26 bits per heavy atom. The quantitative estimate of drug-likeness (QED) is 0.484. The molecule has 0 amide bonds. The number of nitro benzene ring substituents is 1. The van der Waals surface area contributed by atoms with Crippen molar-refractivity contribution in [3.8, 4) is 5.75 Å². The Labute approximate surface area is 117 Å². The number of aromatic hydroxyl groups is 1. The molecule has 0 heterocycles. The Morgan fingerprint density at radius 1 is 1.63 bits per heavy atom. The summed E-state index contributed by atoms with van der Waals surface area (Å²) in [7, 11) is 0. The zero-order valence-electron chi connectivity index (χ0n) is 10.1. The smallest absolute Gasteiger partial charge is 0.312 e. The fourth-order valence-electron chi connectivity index (χ4n) is 1.54. The Morgan fingerprint density at radius 3 is 2.79 bits per heavy atom. The van der Waals surface area contributed by atoms with Gasteiger partial charge in [-0.05, 0) is 13.0 Å². The van der Waals surface area contributed by atoms with Gasteiger partial charge in [0.1, 0.15) is 0 Å². The van der Waals surface area contributed by atoms with Gasteiger partial charge < -0.3 is 15.6 Å². The van der Waals surface area contributed by atoms with Crippen molar-refractivity contribution in [2.45, 2.75) is 19.4 Å². The highest BCUT2D eigenvalue weighted by atomic mass is 79.9. The molecule has 104 valence electrons. The van der Waals surface area contributed by atoms with E-state index in [0.29, 0.717) is 4.47 Å². The third kappa shape index (κ3) is 3.90. The highest BCUT2D eigenvalue weighted by molar-refractivity contribution is 9.10. The van der Waals surface area contributed by atoms with Crippen molar-refractivity contribution in [2.75, 3.05) is 6.61 Å². The lowest BCUT2D eigenvalue weighted by Gasteiger charge is -2.13. The standard InChI is InChI=1S/C11H13BrN2O5/c1-2-19-10(15)5-8(13)7-3-6(12)4-9(11(7)16)14(17)18/h3-4,8,16H,2,5,13H2,1H3/t8-/m0/s1. The third-order valence-electron chi connectivity index (χ3n) is 2.37. The van der Waals surface area contributed by atoms with E-state index in [1.807, 2.05) is 0 Å². The van der Waals surface area contributed by atoms with Crippen molar-refractivity contribution in [1.82, 2.24) is 0 Å². The first-order valence-electron chi connectivity index (χ1n) is 5.44. The van der Waals surface area contributed by atoms with Gasteiger partial charge in [-0.25, -0.2) is 0 Å². The van der Waals surface area contributed by atoms with Crippen molar-refractivity contribution in [1.29, 1.82) is 0 Å². The minimum atomic E-state index is -0.879. The Hall–Kier alpha value is -1.67. The molecular weight excluding hydrogens is 320 g/mol. The van der Waals surface area contributed by atoms with Gasteiger partial charge >= 0.3 is 11.7 Å². The predicted molar refractivity (Wildman–Crippen MR) is 70.6 cm³/mol. The second-order valence-corrected chi connectivity index (χ2v) is 4.65. The molecule has 0 aromatic heterocycles. The average Bonchev–Trinajstić information content (AvgIpc) is 2.31. The summed E-state index contributed by atoms with van der Waals surface area (Å²) in [4.78, 5) is 21.4. The van der Waals surface area contributed by atoms with Gasteiger partial charge in [-0.1, -0.05) is 15.9 Å². The third-order valence-corrected chi connectivity index (χ3v) is 2.83. The highest BCUT2D eigenvalue weighted by Crippen LogP contribution is 2.36. The Balaban J connectivity index is 3.06. The molecule has 1 atom stereocenters. The number of carbonyl (C=O) groups excluding carboxylic acids is 1. The zero-order valence-corrected chi connectivity index (χ0v) is 11.7. The number of phenolic OH excluding ortho intramolecular Hbond substituents is 1. The van der Waals surface area contributed by atoms with Crippen molar-refractivity contribution < 1.29 is 19.6 Å². The summed E-state index contributed by atoms with van der Waals surface area (Å²) < 4.78 is 5.13. The molecule has 0 saturated carbocycles. The van der Waals surface area contributed by atoms with E-state index < -0.39 is 28.4 Å². The van der Waals surface area contributed by atoms with E-state index in [4.69, 9.17) is 10.5 Å². The lowest BCUT2D eigenvalue weighted by molar-refractivity contribution is -0.386. The van der Waals surface area contributed by atoms with Crippen LogP contribution in [-0.4, -0.2) is 22.6 Å². The van der Waals surface area contributed by atoms with E-state index in [1.54, 1.807) is 6.92 Å². The lowest BCUT2D eigenvalue weighted by Crippen LogP contribution is -2.17. The van der Waals surface area contributed by atoms with Gasteiger partial charge in [-0.3, -0.25) is 14.9 Å². The molecule has 0 aliphatic carbocycles. The van der Waals surface area contributed by atoms with E-state index in [0.717, 1.165) is 6.07 Å². The lowest BCUT2D eigenvalue weighted by atomic mass is 10.0. The summed E-state index contributed by atoms with van der Waals surface area (Å²) >= 11 is 3.09. The minimum absolute atomic E-state index is 0.120. The molecule has 3 N–H and O–H groups in total. The SMILES string of the molecule is CCOC(=O)C[C@H](N)c1cc(Br)cc([N+](=O)[O-])c1O. The van der Waals surface area contributed by atoms with Crippen molar-refractivity contribution in [2.24, 2.45) is 5.73 Å². The molecule has 7 nitrogen and oxygen atoms in total. The van der Waals surface area contributed by atoms with Crippen LogP contribution in [0.4, 0.5) is 5.69 Å². The van der Waals surface area contributed by atoms with Crippen LogP contribution in [0.1, 0.15) is 24.9 Å². The maximum absolute atomic E-state index is 11.3. The van der Waals surface area contributed by atoms with Gasteiger partial charge in [0, 0.05) is 22.1 Å². The van der Waals surface area contributed by atoms with Crippen molar-refractivity contribution >= 4 is 27.6 Å². The molecule has 0 radical (unpaired) electrons. The number of nitrogens with two attached hydrogens (primary N) is 1. The molecule has 0 saturated heterocycles. The van der Waals surface area contributed by atoms with E-state index in [1.165, 1.54) is 6.07 Å². The second-order valence-electron chi connectivity index (χ2n) is 3.74. The first-order chi connectivity index (χ1) is 8.86. The van der Waals surface area contributed by atoms with Gasteiger partial charge in [-0.15, -0.1) is 0 Å². The number of halogens is 1. The largest absolute Gasteiger partial charge is 0.502 e. The van der Waals surface area contributed by atoms with Crippen LogP contribution in [0.3, 0.4) is 0 Å². The molecule has 19 heavy (non-hydrogen) atoms. The number of ether oxygens (including phenoxy) is 1. The van der Waals surface area contributed by atoms with Crippen molar-refractivity contribution in [3.05, 3.63) is 32.3 Å². The molecule has 0 unspecified atom stereocenters. The van der Waals surface area contributed by atoms with Gasteiger partial charge in [0.2, 0.25) is 0 Å². The van der Waals surface area contributed by atoms with Crippen LogP contribution in [0, 0.1) is 10.1 Å². The van der Waals surface area contributed by atoms with E-state index in [9.17, 15) is 20.0 Å². The average molecular weight is 333 g/mol. The highest BCUT2D eigenvalue weighted by Gasteiger charge is 2.23. The van der Waals surface area contributed by atoms with E-state index in [2.05, 4.69) is 15.9 Å². The van der Waals surface area contributed by atoms with Crippen molar-refractivity contribution in [3.63, 3.8) is 0 Å². The minimum Gasteiger partial charge on any atom is -0.502 e. The molecule has 0 spiro atoms. The van der Waals surface area contributed by atoms with Gasteiger partial charge in [-0.2, -0.15) is 0 Å². The summed E-state index contributed by atoms with van der Waals surface area (Å²) in [5.41, 5.74) is 5.41. The van der Waals surface area contributed by atoms with Crippen LogP contribution >= 0.6 is 15.9 Å². The number of nitro groups is 1. The molecule has 1 aromatic carbocycles. The molecule has 0 aliphatic rings. The number of benzene rings is 1. The van der Waals surface area contributed by atoms with Crippen LogP contribution < -0.4 is 5.73 Å². The normalized spacial score (nSPS) is 11.9.